The van der Waals surface area contributed by atoms with Crippen LogP contribution in [-0.4, -0.2) is 32.5 Å². The van der Waals surface area contributed by atoms with Gasteiger partial charge >= 0.3 is 0 Å². The highest BCUT2D eigenvalue weighted by atomic mass is 16.5. The molecule has 1 unspecified atom stereocenters. The van der Waals surface area contributed by atoms with Crippen molar-refractivity contribution in [1.82, 2.24) is 0 Å². The maximum absolute atomic E-state index is 9.10. The van der Waals surface area contributed by atoms with Gasteiger partial charge in [0.2, 0.25) is 0 Å². The topological polar surface area (TPSA) is 64.7 Å². The number of ether oxygens (including phenoxy) is 2. The molecule has 0 bridgehead atoms. The molecular weight excluding hydrogens is 206 g/mol. The minimum atomic E-state index is 0.0804. The van der Waals surface area contributed by atoms with E-state index in [-0.39, 0.29) is 12.5 Å². The first-order valence-electron chi connectivity index (χ1n) is 5.26. The molecule has 1 aromatic rings. The first-order valence-corrected chi connectivity index (χ1v) is 5.26. The summed E-state index contributed by atoms with van der Waals surface area (Å²) in [4.78, 5) is 0. The smallest absolute Gasteiger partial charge is 0.122 e. The fraction of sp³-hybridized carbons (Fsp3) is 0.500. The van der Waals surface area contributed by atoms with E-state index in [9.17, 15) is 0 Å². The second-order valence-corrected chi connectivity index (χ2v) is 3.71. The van der Waals surface area contributed by atoms with Crippen LogP contribution in [0.4, 0.5) is 0 Å². The van der Waals surface area contributed by atoms with Crippen LogP contribution in [0.2, 0.25) is 0 Å². The maximum Gasteiger partial charge on any atom is 0.122 e. The van der Waals surface area contributed by atoms with Gasteiger partial charge in [-0.3, -0.25) is 0 Å². The number of benzene rings is 1. The van der Waals surface area contributed by atoms with E-state index < -0.39 is 0 Å². The molecule has 4 nitrogen and oxygen atoms in total. The fourth-order valence-corrected chi connectivity index (χ4v) is 1.54. The molecular formula is C12H19NO3. The average Bonchev–Trinajstić information content (AvgIpc) is 2.35. The normalized spacial score (nSPS) is 12.2. The third-order valence-electron chi connectivity index (χ3n) is 2.53. The zero-order valence-electron chi connectivity index (χ0n) is 9.77. The molecule has 0 fully saturated rings. The van der Waals surface area contributed by atoms with Crippen LogP contribution in [0, 0.1) is 5.92 Å². The van der Waals surface area contributed by atoms with Crippen LogP contribution in [0.25, 0.3) is 0 Å². The lowest BCUT2D eigenvalue weighted by molar-refractivity contribution is 0.229. The molecule has 1 rings (SSSR count). The molecule has 16 heavy (non-hydrogen) atoms. The Labute approximate surface area is 96.0 Å². The van der Waals surface area contributed by atoms with Crippen LogP contribution in [0.1, 0.15) is 5.56 Å². The molecule has 0 heterocycles. The minimum Gasteiger partial charge on any atom is -0.497 e. The van der Waals surface area contributed by atoms with Gasteiger partial charge in [0, 0.05) is 12.7 Å². The molecule has 4 heteroatoms. The third-order valence-corrected chi connectivity index (χ3v) is 2.53. The van der Waals surface area contributed by atoms with Crippen molar-refractivity contribution in [3.05, 3.63) is 23.8 Å². The van der Waals surface area contributed by atoms with Crippen LogP contribution in [0.15, 0.2) is 18.2 Å². The SMILES string of the molecule is COc1cc(CC(CN)CO)cc(OC)c1. The van der Waals surface area contributed by atoms with Gasteiger partial charge in [-0.1, -0.05) is 0 Å². The lowest BCUT2D eigenvalue weighted by Gasteiger charge is -2.13. The number of hydrogen-bond donors (Lipinski definition) is 2. The van der Waals surface area contributed by atoms with E-state index in [1.165, 1.54) is 0 Å². The zero-order chi connectivity index (χ0) is 12.0. The van der Waals surface area contributed by atoms with Crippen LogP contribution >= 0.6 is 0 Å². The van der Waals surface area contributed by atoms with Gasteiger partial charge in [0.1, 0.15) is 11.5 Å². The Morgan fingerprint density at radius 2 is 1.75 bits per heavy atom. The summed E-state index contributed by atoms with van der Waals surface area (Å²) >= 11 is 0. The molecule has 3 N–H and O–H groups in total. The van der Waals surface area contributed by atoms with E-state index in [1.54, 1.807) is 14.2 Å². The monoisotopic (exact) mass is 225 g/mol. The average molecular weight is 225 g/mol. The molecule has 0 amide bonds. The number of methoxy groups -OCH3 is 2. The summed E-state index contributed by atoms with van der Waals surface area (Å²) in [5.41, 5.74) is 6.61. The van der Waals surface area contributed by atoms with Crippen molar-refractivity contribution >= 4 is 0 Å². The molecule has 1 aromatic carbocycles. The summed E-state index contributed by atoms with van der Waals surface area (Å²) < 4.78 is 10.3. The van der Waals surface area contributed by atoms with Crippen LogP contribution in [-0.2, 0) is 6.42 Å². The highest BCUT2D eigenvalue weighted by Crippen LogP contribution is 2.23. The van der Waals surface area contributed by atoms with Gasteiger partial charge in [0.15, 0.2) is 0 Å². The summed E-state index contributed by atoms with van der Waals surface area (Å²) in [7, 11) is 3.23. The van der Waals surface area contributed by atoms with Gasteiger partial charge in [-0.05, 0) is 36.6 Å². The van der Waals surface area contributed by atoms with Crippen LogP contribution in [0.5, 0.6) is 11.5 Å². The molecule has 0 saturated carbocycles. The van der Waals surface area contributed by atoms with E-state index in [0.717, 1.165) is 23.5 Å². The number of hydrogen-bond acceptors (Lipinski definition) is 4. The summed E-state index contributed by atoms with van der Waals surface area (Å²) in [5, 5.41) is 9.10. The summed E-state index contributed by atoms with van der Waals surface area (Å²) in [6.07, 6.45) is 0.723. The lowest BCUT2D eigenvalue weighted by atomic mass is 10.00. The van der Waals surface area contributed by atoms with E-state index in [1.807, 2.05) is 18.2 Å². The van der Waals surface area contributed by atoms with Crippen molar-refractivity contribution in [3.63, 3.8) is 0 Å². The molecule has 90 valence electrons. The third kappa shape index (κ3) is 3.40. The lowest BCUT2D eigenvalue weighted by Crippen LogP contribution is -2.20. The summed E-state index contributed by atoms with van der Waals surface area (Å²) in [6, 6.07) is 5.68. The largest absolute Gasteiger partial charge is 0.497 e. The first kappa shape index (κ1) is 12.8. The van der Waals surface area contributed by atoms with Gasteiger partial charge in [-0.15, -0.1) is 0 Å². The van der Waals surface area contributed by atoms with Gasteiger partial charge in [0.05, 0.1) is 14.2 Å². The standard InChI is InChI=1S/C12H19NO3/c1-15-11-4-9(3-10(7-13)8-14)5-12(6-11)16-2/h4-6,10,14H,3,7-8,13H2,1-2H3. The van der Waals surface area contributed by atoms with Crippen molar-refractivity contribution in [1.29, 1.82) is 0 Å². The zero-order valence-corrected chi connectivity index (χ0v) is 9.77. The molecule has 0 aliphatic carbocycles. The van der Waals surface area contributed by atoms with Gasteiger partial charge in [0.25, 0.3) is 0 Å². The van der Waals surface area contributed by atoms with E-state index in [4.69, 9.17) is 20.3 Å². The number of aliphatic hydroxyl groups excluding tert-OH is 1. The van der Waals surface area contributed by atoms with Crippen molar-refractivity contribution in [2.45, 2.75) is 6.42 Å². The molecule has 0 radical (unpaired) electrons. The van der Waals surface area contributed by atoms with Crippen molar-refractivity contribution in [2.24, 2.45) is 11.7 Å². The van der Waals surface area contributed by atoms with E-state index in [0.29, 0.717) is 6.54 Å². The molecule has 0 saturated heterocycles. The second kappa shape index (κ2) is 6.35. The Morgan fingerprint density at radius 3 is 2.12 bits per heavy atom. The van der Waals surface area contributed by atoms with Gasteiger partial charge in [-0.25, -0.2) is 0 Å². The van der Waals surface area contributed by atoms with Crippen LogP contribution < -0.4 is 15.2 Å². The highest BCUT2D eigenvalue weighted by molar-refractivity contribution is 5.38. The predicted molar refractivity (Wildman–Crippen MR) is 62.9 cm³/mol. The Kier molecular flexibility index (Phi) is 5.08. The Morgan fingerprint density at radius 1 is 1.19 bits per heavy atom. The molecule has 0 aliphatic heterocycles. The Bertz CT molecular complexity index is 302. The molecule has 0 aromatic heterocycles. The number of aliphatic hydroxyl groups is 1. The minimum absolute atomic E-state index is 0.0804. The molecule has 1 atom stereocenters. The molecule has 0 aliphatic rings. The molecule has 0 spiro atoms. The quantitative estimate of drug-likeness (QED) is 0.752. The Hall–Kier alpha value is -1.26. The number of rotatable bonds is 6. The Balaban J connectivity index is 2.85. The van der Waals surface area contributed by atoms with Gasteiger partial charge < -0.3 is 20.3 Å². The fourth-order valence-electron chi connectivity index (χ4n) is 1.54. The second-order valence-electron chi connectivity index (χ2n) is 3.71. The number of nitrogens with two attached hydrogens (primary N) is 1. The van der Waals surface area contributed by atoms with Crippen molar-refractivity contribution < 1.29 is 14.6 Å². The van der Waals surface area contributed by atoms with Crippen molar-refractivity contribution in [2.75, 3.05) is 27.4 Å². The summed E-state index contributed by atoms with van der Waals surface area (Å²) in [6.45, 7) is 0.562. The van der Waals surface area contributed by atoms with E-state index >= 15 is 0 Å². The highest BCUT2D eigenvalue weighted by Gasteiger charge is 2.08. The predicted octanol–water partition coefficient (Wildman–Crippen LogP) is 0.813. The first-order chi connectivity index (χ1) is 7.73. The van der Waals surface area contributed by atoms with Crippen molar-refractivity contribution in [3.8, 4) is 11.5 Å². The maximum atomic E-state index is 9.10. The van der Waals surface area contributed by atoms with Gasteiger partial charge in [-0.2, -0.15) is 0 Å². The van der Waals surface area contributed by atoms with Crippen LogP contribution in [0.3, 0.4) is 0 Å². The summed E-state index contributed by atoms with van der Waals surface area (Å²) in [5.74, 6) is 1.59. The van der Waals surface area contributed by atoms with E-state index in [2.05, 4.69) is 0 Å².